The fraction of sp³-hybridized carbons (Fsp3) is 0.538. The molecule has 1 fully saturated rings. The number of rotatable bonds is 19. The molecule has 4 aliphatic heterocycles. The highest BCUT2D eigenvalue weighted by Crippen LogP contribution is 2.33. The highest BCUT2D eigenvalue weighted by Gasteiger charge is 2.43. The number of aromatic nitrogens is 1. The number of Topliss-reactive ketones (excluding diaryl/α,β-unsaturated/α-hetero) is 4. The molecule has 7 rings (SSSR count). The number of benzene rings is 2. The summed E-state index contributed by atoms with van der Waals surface area (Å²) in [4.78, 5) is 198. The van der Waals surface area contributed by atoms with Crippen LogP contribution < -0.4 is 42.5 Å². The highest BCUT2D eigenvalue weighted by atomic mass is 32.2. The number of fused-ring (bicyclic) bond motifs is 5. The van der Waals surface area contributed by atoms with Crippen molar-refractivity contribution < 1.29 is 91.8 Å². The number of aliphatic hydroxyl groups excluding tert-OH is 3. The van der Waals surface area contributed by atoms with Crippen molar-refractivity contribution in [1.29, 1.82) is 0 Å². The monoisotopic (exact) mass is 1360 g/mol. The van der Waals surface area contributed by atoms with Crippen molar-refractivity contribution in [3.63, 3.8) is 0 Å². The molecule has 2 aromatic carbocycles. The van der Waals surface area contributed by atoms with E-state index in [-0.39, 0.29) is 72.1 Å². The zero-order valence-corrected chi connectivity index (χ0v) is 55.0. The van der Waals surface area contributed by atoms with Crippen LogP contribution in [0.25, 0.3) is 10.9 Å². The molecular formula is C65H85N11O19S. The average molecular weight is 1360 g/mol. The number of imide groups is 1. The number of H-pyrrole nitrogens is 1. The first-order chi connectivity index (χ1) is 45.4. The number of nitrogens with zero attached hydrogens (tertiary/aromatic N) is 2. The lowest BCUT2D eigenvalue weighted by atomic mass is 9.85. The first kappa shape index (κ1) is 74.5. The van der Waals surface area contributed by atoms with Crippen LogP contribution in [0.1, 0.15) is 97.6 Å². The van der Waals surface area contributed by atoms with Gasteiger partial charge in [-0.15, -0.1) is 0 Å². The van der Waals surface area contributed by atoms with E-state index in [2.05, 4.69) is 47.5 Å². The van der Waals surface area contributed by atoms with Gasteiger partial charge in [0.05, 0.1) is 84.7 Å². The van der Waals surface area contributed by atoms with Crippen molar-refractivity contribution in [2.45, 2.75) is 147 Å². The van der Waals surface area contributed by atoms with E-state index in [0.29, 0.717) is 17.7 Å². The quantitative estimate of drug-likeness (QED) is 0.0585. The number of phenols is 1. The molecule has 1 aromatic heterocycles. The predicted octanol–water partition coefficient (Wildman–Crippen LogP) is -1.88. The largest absolute Gasteiger partial charge is 0.508 e. The normalized spacial score (nSPS) is 24.7. The topological polar surface area (TPSA) is 455 Å². The zero-order chi connectivity index (χ0) is 70.4. The van der Waals surface area contributed by atoms with Crippen LogP contribution in [0.15, 0.2) is 59.6 Å². The van der Waals surface area contributed by atoms with E-state index in [9.17, 15) is 82.8 Å². The minimum atomic E-state index is -2.40. The van der Waals surface area contributed by atoms with Gasteiger partial charge in [-0.05, 0) is 60.1 Å². The van der Waals surface area contributed by atoms with Gasteiger partial charge in [0.15, 0.2) is 23.1 Å². The molecule has 10 amide bonds. The molecule has 30 nitrogen and oxygen atoms in total. The van der Waals surface area contributed by atoms with Gasteiger partial charge in [0.1, 0.15) is 16.8 Å². The van der Waals surface area contributed by atoms with E-state index in [1.165, 1.54) is 49.1 Å². The standard InChI is InChI=1S/C65H85N11O19S/c1-7-33(4)59-64(94)68-26-54(87)70-45-31-96(95)65-43(42-13-12-40(78)23-44(42)71-65)19-38(62(92)67-27-55(88)73-59)21-49(82)60(35(6)51(84)30-77)74-63(93)46-24-41(79)28-75(46)29-50(83)37(20-47(45)80)22-53(86)66-25-36-8-10-39(11-9-36)69-61(91)34(5)18-48(81)58(32(2)3)72-52(85)16-17-76-56(89)14-15-57(76)90/h8-15,23,32-35,37-38,41,45-46,51,58-60,71,77-79,84H,7,16-22,24-31H2,1-6H3,(H,66,86)(H,67,92)(H,68,94)(H,69,91)(H,70,87)(H,72,85)(H,73,88)(H,74,93)/t33-,34+,35-,37-,38+,41?,45?,46-,51-,58?,59-,60-,96+/m0/s1. The van der Waals surface area contributed by atoms with E-state index in [4.69, 9.17) is 0 Å². The van der Waals surface area contributed by atoms with Gasteiger partial charge < -0.3 is 67.9 Å². The first-order valence-electron chi connectivity index (χ1n) is 31.9. The highest BCUT2D eigenvalue weighted by molar-refractivity contribution is 7.85. The maximum Gasteiger partial charge on any atom is 0.253 e. The Morgan fingerprint density at radius 3 is 2.09 bits per heavy atom. The molecule has 0 aliphatic carbocycles. The minimum Gasteiger partial charge on any atom is -0.508 e. The van der Waals surface area contributed by atoms with Crippen LogP contribution >= 0.6 is 0 Å². The molecule has 13 N–H and O–H groups in total. The number of carbonyl (C=O) groups is 14. The SMILES string of the molecule is CC[C@H](C)[C@@H]1NC(=O)CNC(=O)[C@H]2CC(=O)[C@H]([C@@H](C)[C@@H](O)CO)NC(=O)[C@@H]3CC(O)CN3CC(=O)[C@H](CC(=O)NCc3ccc(NC(=O)[C@H](C)CC(=O)C(NC(=O)CCN4C(=O)C=CC4=O)C(C)C)cc3)CC(=O)C(C[S@@](=O)c3[nH]c4cc(O)ccc4c3C2)NC(=O)CNC1=O. The third kappa shape index (κ3) is 19.6. The smallest absolute Gasteiger partial charge is 0.253 e. The van der Waals surface area contributed by atoms with Gasteiger partial charge >= 0.3 is 0 Å². The predicted molar refractivity (Wildman–Crippen MR) is 343 cm³/mol. The fourth-order valence-corrected chi connectivity index (χ4v) is 13.3. The summed E-state index contributed by atoms with van der Waals surface area (Å²) < 4.78 is 15.1. The van der Waals surface area contributed by atoms with E-state index in [1.54, 1.807) is 39.8 Å². The summed E-state index contributed by atoms with van der Waals surface area (Å²) in [5.74, 6) is -17.6. The summed E-state index contributed by atoms with van der Waals surface area (Å²) in [5.41, 5.74) is 1.09. The van der Waals surface area contributed by atoms with Crippen molar-refractivity contribution in [3.8, 4) is 5.75 Å². The first-order valence-corrected chi connectivity index (χ1v) is 33.2. The molecule has 0 radical (unpaired) electrons. The maximum absolute atomic E-state index is 15.1. The van der Waals surface area contributed by atoms with Crippen LogP contribution in [0.2, 0.25) is 0 Å². The number of phenolic OH excluding ortho intramolecular Hbond substituents is 1. The summed E-state index contributed by atoms with van der Waals surface area (Å²) in [7, 11) is -2.40. The van der Waals surface area contributed by atoms with Gasteiger partial charge in [0, 0.05) is 105 Å². The molecule has 5 heterocycles. The lowest BCUT2D eigenvalue weighted by Crippen LogP contribution is -2.55. The third-order valence-electron chi connectivity index (χ3n) is 17.8. The molecule has 2 bridgehead atoms. The van der Waals surface area contributed by atoms with Gasteiger partial charge in [0.2, 0.25) is 47.3 Å². The van der Waals surface area contributed by atoms with Crippen LogP contribution in [-0.4, -0.2) is 209 Å². The molecule has 31 heteroatoms. The van der Waals surface area contributed by atoms with Crippen LogP contribution in [0, 0.1) is 35.5 Å². The lowest BCUT2D eigenvalue weighted by Gasteiger charge is -2.31. The van der Waals surface area contributed by atoms with Crippen molar-refractivity contribution >= 4 is 110 Å². The molecule has 0 saturated carbocycles. The summed E-state index contributed by atoms with van der Waals surface area (Å²) >= 11 is 0. The number of carbonyl (C=O) groups excluding carboxylic acids is 14. The summed E-state index contributed by atoms with van der Waals surface area (Å²) in [6.07, 6.45) is -3.84. The Labute approximate surface area is 555 Å². The van der Waals surface area contributed by atoms with E-state index in [0.717, 1.165) is 17.1 Å². The van der Waals surface area contributed by atoms with Gasteiger partial charge in [-0.3, -0.25) is 81.1 Å². The molecule has 520 valence electrons. The Hall–Kier alpha value is -8.91. The number of aromatic amines is 1. The van der Waals surface area contributed by atoms with E-state index < -0.39 is 223 Å². The Kier molecular flexibility index (Phi) is 26.1. The second-order valence-corrected chi connectivity index (χ2v) is 26.9. The molecule has 1 saturated heterocycles. The van der Waals surface area contributed by atoms with Gasteiger partial charge in [-0.2, -0.15) is 0 Å². The molecular weight excluding hydrogens is 1270 g/mol. The Morgan fingerprint density at radius 1 is 0.771 bits per heavy atom. The molecule has 96 heavy (non-hydrogen) atoms. The van der Waals surface area contributed by atoms with Gasteiger partial charge in [-0.1, -0.05) is 60.1 Å². The Balaban J connectivity index is 1.16. The van der Waals surface area contributed by atoms with Crippen molar-refractivity contribution in [2.24, 2.45) is 35.5 Å². The molecule has 0 spiro atoms. The maximum atomic E-state index is 15.1. The van der Waals surface area contributed by atoms with Crippen LogP contribution in [0.5, 0.6) is 5.75 Å². The average Bonchev–Trinajstić information content (AvgIpc) is 1.62. The summed E-state index contributed by atoms with van der Waals surface area (Å²) in [5, 5.41) is 63.7. The van der Waals surface area contributed by atoms with Crippen molar-refractivity contribution in [3.05, 3.63) is 65.7 Å². The molecule has 3 aromatic rings. The zero-order valence-electron chi connectivity index (χ0n) is 54.2. The van der Waals surface area contributed by atoms with E-state index in [1.807, 2.05) is 0 Å². The lowest BCUT2D eigenvalue weighted by molar-refractivity contribution is -0.138. The van der Waals surface area contributed by atoms with Crippen molar-refractivity contribution in [2.75, 3.05) is 50.4 Å². The Morgan fingerprint density at radius 2 is 1.44 bits per heavy atom. The number of nitrogens with one attached hydrogen (secondary N) is 9. The third-order valence-corrected chi connectivity index (χ3v) is 19.3. The summed E-state index contributed by atoms with van der Waals surface area (Å²) in [6, 6.07) is 3.16. The second-order valence-electron chi connectivity index (χ2n) is 25.4. The van der Waals surface area contributed by atoms with E-state index >= 15 is 9.00 Å². The van der Waals surface area contributed by atoms with Crippen LogP contribution in [0.4, 0.5) is 5.69 Å². The molecule has 13 atom stereocenters. The number of aromatic hydroxyl groups is 1. The number of anilines is 1. The number of ketones is 4. The van der Waals surface area contributed by atoms with Crippen LogP contribution in [-0.2, 0) is 90.9 Å². The number of hydrogen-bond acceptors (Lipinski definition) is 20. The molecule has 4 aliphatic rings. The van der Waals surface area contributed by atoms with Gasteiger partial charge in [0.25, 0.3) is 11.8 Å². The van der Waals surface area contributed by atoms with Crippen LogP contribution in [0.3, 0.4) is 0 Å². The molecule has 3 unspecified atom stereocenters. The Bertz CT molecular complexity index is 3540. The minimum absolute atomic E-state index is 0.120. The number of hydrogen-bond donors (Lipinski definition) is 13. The second kappa shape index (κ2) is 33.7. The van der Waals surface area contributed by atoms with Gasteiger partial charge in [-0.25, -0.2) is 0 Å². The fourth-order valence-electron chi connectivity index (χ4n) is 11.9. The summed E-state index contributed by atoms with van der Waals surface area (Å²) in [6.45, 7) is 5.96. The number of aliphatic hydroxyl groups is 3. The van der Waals surface area contributed by atoms with Crippen molar-refractivity contribution in [1.82, 2.24) is 52.0 Å². The number of amides is 10.